The number of carbonyl (C=O) groups excluding carboxylic acids is 1. The van der Waals surface area contributed by atoms with Gasteiger partial charge in [-0.25, -0.2) is 0 Å². The molecule has 1 amide bonds. The molecule has 5 N–H and O–H groups in total. The molecule has 8 heteroatoms. The van der Waals surface area contributed by atoms with Crippen molar-refractivity contribution in [3.8, 4) is 0 Å². The second-order valence-electron chi connectivity index (χ2n) is 9.39. The molecule has 0 aromatic rings. The van der Waals surface area contributed by atoms with E-state index in [1.54, 1.807) is 6.26 Å². The predicted molar refractivity (Wildman–Crippen MR) is 115 cm³/mol. The van der Waals surface area contributed by atoms with E-state index in [1.165, 1.54) is 24.6 Å². The Hall–Kier alpha value is -0.380. The Kier molecular flexibility index (Phi) is 9.70. The molecule has 2 fully saturated rings. The molecule has 8 unspecified atom stereocenters. The minimum Gasteiger partial charge on any atom is -0.388 e. The van der Waals surface area contributed by atoms with Gasteiger partial charge in [-0.3, -0.25) is 10.1 Å². The summed E-state index contributed by atoms with van der Waals surface area (Å²) in [4.78, 5) is 12.7. The van der Waals surface area contributed by atoms with Gasteiger partial charge in [0.25, 0.3) is 0 Å². The van der Waals surface area contributed by atoms with Crippen LogP contribution in [0, 0.1) is 23.7 Å². The number of carbonyl (C=O) groups is 1. The first kappa shape index (κ1) is 24.9. The lowest BCUT2D eigenvalue weighted by Gasteiger charge is -2.44. The smallest absolute Gasteiger partial charge is 0.221 e. The zero-order valence-corrected chi connectivity index (χ0v) is 19.2. The minimum atomic E-state index is -1.28. The van der Waals surface area contributed by atoms with Crippen molar-refractivity contribution in [2.45, 2.75) is 89.4 Å². The molecule has 0 saturated carbocycles. The molecule has 0 spiro atoms. The summed E-state index contributed by atoms with van der Waals surface area (Å²) in [5.74, 6) is 1.01. The summed E-state index contributed by atoms with van der Waals surface area (Å²) in [7, 11) is 0. The van der Waals surface area contributed by atoms with Crippen molar-refractivity contribution in [1.82, 2.24) is 10.6 Å². The lowest BCUT2D eigenvalue weighted by Crippen LogP contribution is -2.59. The summed E-state index contributed by atoms with van der Waals surface area (Å²) in [5, 5.41) is 37.3. The van der Waals surface area contributed by atoms with Crippen LogP contribution < -0.4 is 10.6 Å². The van der Waals surface area contributed by atoms with Crippen LogP contribution in [0.1, 0.15) is 53.4 Å². The van der Waals surface area contributed by atoms with E-state index >= 15 is 0 Å². The zero-order valence-electron chi connectivity index (χ0n) is 18.4. The van der Waals surface area contributed by atoms with Crippen LogP contribution in [0.3, 0.4) is 0 Å². The van der Waals surface area contributed by atoms with Gasteiger partial charge < -0.3 is 25.4 Å². The first-order chi connectivity index (χ1) is 13.6. The molecular weight excluding hydrogens is 392 g/mol. The Morgan fingerprint density at radius 3 is 2.45 bits per heavy atom. The van der Waals surface area contributed by atoms with Crippen LogP contribution in [0.25, 0.3) is 0 Å². The molecule has 2 heterocycles. The van der Waals surface area contributed by atoms with Gasteiger partial charge in [-0.05, 0) is 49.3 Å². The fourth-order valence-electron chi connectivity index (χ4n) is 4.33. The summed E-state index contributed by atoms with van der Waals surface area (Å²) in [6.45, 7) is 9.35. The van der Waals surface area contributed by atoms with Gasteiger partial charge in [0.05, 0.1) is 12.3 Å². The lowest BCUT2D eigenvalue weighted by atomic mass is 9.81. The molecule has 170 valence electrons. The molecule has 2 rings (SSSR count). The van der Waals surface area contributed by atoms with E-state index in [4.69, 9.17) is 4.74 Å². The lowest BCUT2D eigenvalue weighted by molar-refractivity contribution is -0.215. The number of hydrogen-bond acceptors (Lipinski definition) is 7. The SMILES string of the molecule is CSC1OC(C(CC(=O)NC2CC(CCC(C)C)CN2)C(C)C)C(O)C(O)C1O. The van der Waals surface area contributed by atoms with E-state index in [9.17, 15) is 20.1 Å². The van der Waals surface area contributed by atoms with Gasteiger partial charge in [-0.1, -0.05) is 34.1 Å². The molecule has 0 radical (unpaired) electrons. The zero-order chi connectivity index (χ0) is 21.7. The van der Waals surface area contributed by atoms with Crippen molar-refractivity contribution < 1.29 is 24.9 Å². The Morgan fingerprint density at radius 2 is 1.86 bits per heavy atom. The quantitative estimate of drug-likeness (QED) is 0.373. The Bertz CT molecular complexity index is 519. The molecular formula is C21H40N2O5S. The van der Waals surface area contributed by atoms with E-state index in [-0.39, 0.29) is 30.3 Å². The highest BCUT2D eigenvalue weighted by Crippen LogP contribution is 2.34. The number of hydrogen-bond donors (Lipinski definition) is 5. The first-order valence-electron chi connectivity index (χ1n) is 10.9. The molecule has 2 aliphatic heterocycles. The van der Waals surface area contributed by atoms with Crippen LogP contribution in [0.15, 0.2) is 0 Å². The monoisotopic (exact) mass is 432 g/mol. The fraction of sp³-hybridized carbons (Fsp3) is 0.952. The highest BCUT2D eigenvalue weighted by Gasteiger charge is 2.47. The van der Waals surface area contributed by atoms with E-state index in [2.05, 4.69) is 24.5 Å². The number of rotatable bonds is 9. The van der Waals surface area contributed by atoms with Gasteiger partial charge in [0.15, 0.2) is 0 Å². The van der Waals surface area contributed by atoms with Crippen molar-refractivity contribution in [1.29, 1.82) is 0 Å². The van der Waals surface area contributed by atoms with E-state index in [1.807, 2.05) is 13.8 Å². The van der Waals surface area contributed by atoms with E-state index in [0.29, 0.717) is 11.8 Å². The van der Waals surface area contributed by atoms with Crippen LogP contribution in [0.5, 0.6) is 0 Å². The maximum Gasteiger partial charge on any atom is 0.221 e. The van der Waals surface area contributed by atoms with Gasteiger partial charge >= 0.3 is 0 Å². The Labute approximate surface area is 179 Å². The Balaban J connectivity index is 1.92. The van der Waals surface area contributed by atoms with Gasteiger partial charge in [-0.2, -0.15) is 0 Å². The van der Waals surface area contributed by atoms with E-state index in [0.717, 1.165) is 13.0 Å². The summed E-state index contributed by atoms with van der Waals surface area (Å²) < 4.78 is 5.90. The topological polar surface area (TPSA) is 111 Å². The molecule has 7 nitrogen and oxygen atoms in total. The molecule has 2 aliphatic rings. The third-order valence-corrected chi connectivity index (χ3v) is 7.10. The van der Waals surface area contributed by atoms with Gasteiger partial charge in [0.2, 0.25) is 5.91 Å². The molecule has 0 aliphatic carbocycles. The minimum absolute atomic E-state index is 0.0176. The second-order valence-corrected chi connectivity index (χ2v) is 10.3. The number of nitrogens with one attached hydrogen (secondary N) is 2. The number of aliphatic hydroxyl groups is 3. The average Bonchev–Trinajstić information content (AvgIpc) is 3.10. The highest BCUT2D eigenvalue weighted by molar-refractivity contribution is 7.99. The van der Waals surface area contributed by atoms with Crippen molar-refractivity contribution in [2.24, 2.45) is 23.7 Å². The normalized spacial score (nSPS) is 36.6. The van der Waals surface area contributed by atoms with Crippen molar-refractivity contribution in [3.63, 3.8) is 0 Å². The molecule has 0 bridgehead atoms. The number of amides is 1. The maximum atomic E-state index is 12.7. The number of thioether (sulfide) groups is 1. The summed E-state index contributed by atoms with van der Waals surface area (Å²) in [6, 6.07) is 0. The second kappa shape index (κ2) is 11.3. The molecule has 8 atom stereocenters. The van der Waals surface area contributed by atoms with Crippen LogP contribution in [-0.4, -0.2) is 70.0 Å². The van der Waals surface area contributed by atoms with Gasteiger partial charge in [-0.15, -0.1) is 11.8 Å². The van der Waals surface area contributed by atoms with Gasteiger partial charge in [0.1, 0.15) is 23.7 Å². The summed E-state index contributed by atoms with van der Waals surface area (Å²) in [6.07, 6.45) is 0.922. The molecule has 29 heavy (non-hydrogen) atoms. The van der Waals surface area contributed by atoms with Crippen molar-refractivity contribution in [3.05, 3.63) is 0 Å². The molecule has 0 aromatic carbocycles. The number of aliphatic hydroxyl groups excluding tert-OH is 3. The summed E-state index contributed by atoms with van der Waals surface area (Å²) >= 11 is 1.29. The maximum absolute atomic E-state index is 12.7. The number of ether oxygens (including phenoxy) is 1. The summed E-state index contributed by atoms with van der Waals surface area (Å²) in [5.41, 5.74) is -0.624. The molecule has 0 aromatic heterocycles. The van der Waals surface area contributed by atoms with Crippen LogP contribution in [0.2, 0.25) is 0 Å². The fourth-order valence-corrected chi connectivity index (χ4v) is 5.01. The van der Waals surface area contributed by atoms with Crippen molar-refractivity contribution >= 4 is 17.7 Å². The standard InChI is InChI=1S/C21H40N2O5S/c1-11(2)6-7-13-8-15(22-10-13)23-16(24)9-14(12(3)4)20-18(26)17(25)19(27)21(28-20)29-5/h11-15,17-22,25-27H,6-10H2,1-5H3,(H,23,24). The van der Waals surface area contributed by atoms with Crippen LogP contribution in [-0.2, 0) is 9.53 Å². The third kappa shape index (κ3) is 6.80. The van der Waals surface area contributed by atoms with Crippen LogP contribution in [0.4, 0.5) is 0 Å². The first-order valence-corrected chi connectivity index (χ1v) is 12.2. The predicted octanol–water partition coefficient (Wildman–Crippen LogP) is 1.31. The highest BCUT2D eigenvalue weighted by atomic mass is 32.2. The third-order valence-electron chi connectivity index (χ3n) is 6.25. The largest absolute Gasteiger partial charge is 0.388 e. The average molecular weight is 433 g/mol. The van der Waals surface area contributed by atoms with Crippen molar-refractivity contribution in [2.75, 3.05) is 12.8 Å². The Morgan fingerprint density at radius 1 is 1.17 bits per heavy atom. The van der Waals surface area contributed by atoms with E-state index < -0.39 is 29.9 Å². The van der Waals surface area contributed by atoms with Gasteiger partial charge in [0, 0.05) is 6.42 Å². The van der Waals surface area contributed by atoms with Crippen LogP contribution >= 0.6 is 11.8 Å². The molecule has 2 saturated heterocycles.